The van der Waals surface area contributed by atoms with E-state index in [1.807, 2.05) is 0 Å². The standard InChI is InChI=1S/C12H14N4O4S2/c13-22(19,20)9-3-1-8(2-4-9)7-15-10(17)11(18)16-12-14-5-6-21-12/h1-4H,5-7H2,(H,15,17)(H2,13,19,20)(H,14,16,18). The van der Waals surface area contributed by atoms with E-state index in [4.69, 9.17) is 5.14 Å². The predicted molar refractivity (Wildman–Crippen MR) is 82.6 cm³/mol. The van der Waals surface area contributed by atoms with E-state index in [9.17, 15) is 18.0 Å². The van der Waals surface area contributed by atoms with E-state index in [-0.39, 0.29) is 11.4 Å². The van der Waals surface area contributed by atoms with Crippen LogP contribution in [0.2, 0.25) is 0 Å². The number of nitrogens with two attached hydrogens (primary N) is 1. The van der Waals surface area contributed by atoms with E-state index in [1.165, 1.54) is 36.0 Å². The number of benzene rings is 1. The van der Waals surface area contributed by atoms with Crippen molar-refractivity contribution in [1.29, 1.82) is 0 Å². The number of primary sulfonamides is 1. The average molecular weight is 342 g/mol. The Morgan fingerprint density at radius 1 is 1.23 bits per heavy atom. The highest BCUT2D eigenvalue weighted by atomic mass is 32.2. The van der Waals surface area contributed by atoms with E-state index in [2.05, 4.69) is 15.6 Å². The van der Waals surface area contributed by atoms with Gasteiger partial charge in [-0.3, -0.25) is 19.9 Å². The second-order valence-electron chi connectivity index (χ2n) is 4.36. The van der Waals surface area contributed by atoms with Crippen LogP contribution in [0.15, 0.2) is 34.2 Å². The number of hydrogen-bond donors (Lipinski definition) is 3. The molecule has 4 N–H and O–H groups in total. The number of aliphatic imine (C=N–C) groups is 1. The van der Waals surface area contributed by atoms with Crippen LogP contribution in [0.1, 0.15) is 5.56 Å². The topological polar surface area (TPSA) is 131 Å². The summed E-state index contributed by atoms with van der Waals surface area (Å²) in [5.74, 6) is -0.784. The average Bonchev–Trinajstić information content (AvgIpc) is 2.97. The maximum atomic E-state index is 11.6. The van der Waals surface area contributed by atoms with Crippen molar-refractivity contribution >= 4 is 38.8 Å². The molecule has 22 heavy (non-hydrogen) atoms. The van der Waals surface area contributed by atoms with Gasteiger partial charge in [0.25, 0.3) is 0 Å². The van der Waals surface area contributed by atoms with Crippen LogP contribution in [0.4, 0.5) is 0 Å². The second kappa shape index (κ2) is 6.90. The van der Waals surface area contributed by atoms with Gasteiger partial charge in [-0.15, -0.1) is 0 Å². The first kappa shape index (κ1) is 16.5. The zero-order valence-corrected chi connectivity index (χ0v) is 13.0. The van der Waals surface area contributed by atoms with Crippen LogP contribution in [0.5, 0.6) is 0 Å². The minimum Gasteiger partial charge on any atom is -0.344 e. The Hall–Kier alpha value is -1.91. The van der Waals surface area contributed by atoms with Gasteiger partial charge in [-0.2, -0.15) is 0 Å². The Kier molecular flexibility index (Phi) is 5.16. The largest absolute Gasteiger partial charge is 0.344 e. The molecule has 0 aromatic heterocycles. The molecule has 8 nitrogen and oxygen atoms in total. The Morgan fingerprint density at radius 3 is 2.45 bits per heavy atom. The van der Waals surface area contributed by atoms with E-state index >= 15 is 0 Å². The summed E-state index contributed by atoms with van der Waals surface area (Å²) in [4.78, 5) is 27.2. The third kappa shape index (κ3) is 4.55. The summed E-state index contributed by atoms with van der Waals surface area (Å²) in [6.45, 7) is 0.717. The van der Waals surface area contributed by atoms with Crippen LogP contribution in [0.25, 0.3) is 0 Å². The van der Waals surface area contributed by atoms with Gasteiger partial charge >= 0.3 is 11.8 Å². The van der Waals surface area contributed by atoms with E-state index in [0.29, 0.717) is 17.3 Å². The first-order valence-electron chi connectivity index (χ1n) is 6.24. The van der Waals surface area contributed by atoms with Crippen molar-refractivity contribution in [1.82, 2.24) is 10.6 Å². The van der Waals surface area contributed by atoms with Crippen molar-refractivity contribution in [2.45, 2.75) is 11.4 Å². The summed E-state index contributed by atoms with van der Waals surface area (Å²) >= 11 is 1.38. The summed E-state index contributed by atoms with van der Waals surface area (Å²) in [6, 6.07) is 5.69. The highest BCUT2D eigenvalue weighted by Gasteiger charge is 2.17. The van der Waals surface area contributed by atoms with Gasteiger partial charge in [0.1, 0.15) is 0 Å². The molecule has 1 aliphatic heterocycles. The normalized spacial score (nSPS) is 14.3. The number of amides is 2. The molecule has 1 aromatic carbocycles. The van der Waals surface area contributed by atoms with Crippen molar-refractivity contribution in [2.24, 2.45) is 10.1 Å². The van der Waals surface area contributed by atoms with Crippen LogP contribution in [-0.2, 0) is 26.2 Å². The monoisotopic (exact) mass is 342 g/mol. The first-order chi connectivity index (χ1) is 10.4. The number of nitrogens with one attached hydrogen (secondary N) is 2. The minimum absolute atomic E-state index is 0.0170. The maximum Gasteiger partial charge on any atom is 0.315 e. The number of thioether (sulfide) groups is 1. The summed E-state index contributed by atoms with van der Waals surface area (Å²) in [5, 5.41) is 10.3. The number of sulfonamides is 1. The highest BCUT2D eigenvalue weighted by molar-refractivity contribution is 8.14. The summed E-state index contributed by atoms with van der Waals surface area (Å²) in [5.41, 5.74) is 0.640. The molecular weight excluding hydrogens is 328 g/mol. The lowest BCUT2D eigenvalue weighted by Gasteiger charge is -2.06. The second-order valence-corrected chi connectivity index (χ2v) is 7.01. The van der Waals surface area contributed by atoms with Crippen molar-refractivity contribution < 1.29 is 18.0 Å². The van der Waals surface area contributed by atoms with Gasteiger partial charge in [-0.25, -0.2) is 13.6 Å². The fourth-order valence-electron chi connectivity index (χ4n) is 1.62. The molecule has 0 fully saturated rings. The quantitative estimate of drug-likeness (QED) is 0.617. The van der Waals surface area contributed by atoms with Gasteiger partial charge in [0.05, 0.1) is 11.4 Å². The van der Waals surface area contributed by atoms with Crippen molar-refractivity contribution in [3.05, 3.63) is 29.8 Å². The minimum atomic E-state index is -3.74. The molecule has 0 aliphatic carbocycles. The number of rotatable bonds is 3. The van der Waals surface area contributed by atoms with Crippen molar-refractivity contribution in [3.63, 3.8) is 0 Å². The highest BCUT2D eigenvalue weighted by Crippen LogP contribution is 2.09. The summed E-state index contributed by atoms with van der Waals surface area (Å²) in [7, 11) is -3.74. The van der Waals surface area contributed by atoms with Crippen molar-refractivity contribution in [3.8, 4) is 0 Å². The third-order valence-electron chi connectivity index (χ3n) is 2.72. The SMILES string of the molecule is NS(=O)(=O)c1ccc(CNC(=O)C(=O)NC2=NCCS2)cc1. The molecule has 118 valence electrons. The van der Waals surface area contributed by atoms with Crippen LogP contribution >= 0.6 is 11.8 Å². The van der Waals surface area contributed by atoms with Gasteiger partial charge in [-0.1, -0.05) is 23.9 Å². The Labute approximate surface area is 131 Å². The van der Waals surface area contributed by atoms with Crippen LogP contribution in [0, 0.1) is 0 Å². The van der Waals surface area contributed by atoms with Crippen LogP contribution in [-0.4, -0.2) is 37.7 Å². The molecule has 10 heteroatoms. The van der Waals surface area contributed by atoms with E-state index in [1.54, 1.807) is 0 Å². The lowest BCUT2D eigenvalue weighted by atomic mass is 10.2. The molecule has 2 rings (SSSR count). The molecule has 1 aromatic rings. The smallest absolute Gasteiger partial charge is 0.315 e. The predicted octanol–water partition coefficient (Wildman–Crippen LogP) is -0.831. The molecular formula is C12H14N4O4S2. The molecule has 0 atom stereocenters. The number of carbonyl (C=O) groups excluding carboxylic acids is 2. The molecule has 0 spiro atoms. The molecule has 1 heterocycles. The van der Waals surface area contributed by atoms with Crippen LogP contribution in [0.3, 0.4) is 0 Å². The molecule has 0 bridgehead atoms. The molecule has 0 saturated heterocycles. The zero-order valence-electron chi connectivity index (χ0n) is 11.4. The van der Waals surface area contributed by atoms with Gasteiger partial charge in [0, 0.05) is 12.3 Å². The Bertz CT molecular complexity index is 713. The van der Waals surface area contributed by atoms with Crippen molar-refractivity contribution in [2.75, 3.05) is 12.3 Å². The molecule has 1 aliphatic rings. The summed E-state index contributed by atoms with van der Waals surface area (Å²) in [6.07, 6.45) is 0. The molecule has 0 saturated carbocycles. The van der Waals surface area contributed by atoms with Gasteiger partial charge in [0.15, 0.2) is 5.17 Å². The molecule has 2 amide bonds. The number of hydrogen-bond acceptors (Lipinski definition) is 6. The third-order valence-corrected chi connectivity index (χ3v) is 4.54. The van der Waals surface area contributed by atoms with E-state index in [0.717, 1.165) is 5.75 Å². The molecule has 0 unspecified atom stereocenters. The van der Waals surface area contributed by atoms with Gasteiger partial charge < -0.3 is 5.32 Å². The fourth-order valence-corrected chi connectivity index (χ4v) is 2.86. The maximum absolute atomic E-state index is 11.6. The first-order valence-corrected chi connectivity index (χ1v) is 8.77. The fraction of sp³-hybridized carbons (Fsp3) is 0.250. The number of carbonyl (C=O) groups is 2. The number of amidine groups is 1. The lowest BCUT2D eigenvalue weighted by Crippen LogP contribution is -2.41. The summed E-state index contributed by atoms with van der Waals surface area (Å²) < 4.78 is 22.2. The zero-order chi connectivity index (χ0) is 16.2. The van der Waals surface area contributed by atoms with Crippen LogP contribution < -0.4 is 15.8 Å². The van der Waals surface area contributed by atoms with Gasteiger partial charge in [-0.05, 0) is 17.7 Å². The number of nitrogens with zero attached hydrogens (tertiary/aromatic N) is 1. The Morgan fingerprint density at radius 2 is 1.91 bits per heavy atom. The molecule has 0 radical (unpaired) electrons. The Balaban J connectivity index is 1.86. The van der Waals surface area contributed by atoms with Gasteiger partial charge in [0.2, 0.25) is 10.0 Å². The van der Waals surface area contributed by atoms with E-state index < -0.39 is 21.8 Å². The lowest BCUT2D eigenvalue weighted by molar-refractivity contribution is -0.138.